The Balaban J connectivity index is 2.13. The average Bonchev–Trinajstić information content (AvgIpc) is 3.34. The summed E-state index contributed by atoms with van der Waals surface area (Å²) in [4.78, 5) is 2.66. The van der Waals surface area contributed by atoms with E-state index < -0.39 is 0 Å². The molecule has 0 heterocycles. The summed E-state index contributed by atoms with van der Waals surface area (Å²) >= 11 is 0. The summed E-state index contributed by atoms with van der Waals surface area (Å²) in [5.74, 6) is 1.61. The summed E-state index contributed by atoms with van der Waals surface area (Å²) in [6.45, 7) is 11.4. The maximum absolute atomic E-state index is 5.57. The van der Waals surface area contributed by atoms with Crippen LogP contribution in [0.2, 0.25) is 0 Å². The molecule has 0 spiro atoms. The van der Waals surface area contributed by atoms with Crippen molar-refractivity contribution in [1.82, 2.24) is 4.90 Å². The first kappa shape index (κ1) is 17.3. The van der Waals surface area contributed by atoms with Crippen molar-refractivity contribution in [3.8, 4) is 5.75 Å². The topological polar surface area (TPSA) is 21.7 Å². The minimum Gasteiger partial charge on any atom is -0.496 e. The molecule has 1 unspecified atom stereocenters. The lowest BCUT2D eigenvalue weighted by Crippen LogP contribution is -2.37. The molecule has 0 saturated heterocycles. The Morgan fingerprint density at radius 3 is 2.50 bits per heavy atom. The second kappa shape index (κ2) is 7.98. The standard InChI is InChI=1S/C19H31NO2/c1-6-22-13-17-11-16(7-10-19(17)21-5)12-20(18-8-9-18)15(4)14(2)3/h7,10-11,14-15,18H,6,8-9,12-13H2,1-5H3. The first-order chi connectivity index (χ1) is 10.6. The zero-order chi connectivity index (χ0) is 16.1. The Labute approximate surface area is 135 Å². The van der Waals surface area contributed by atoms with E-state index in [0.717, 1.165) is 30.5 Å². The molecule has 1 saturated carbocycles. The predicted octanol–water partition coefficient (Wildman–Crippen LogP) is 4.24. The van der Waals surface area contributed by atoms with Crippen molar-refractivity contribution >= 4 is 0 Å². The predicted molar refractivity (Wildman–Crippen MR) is 91.2 cm³/mol. The van der Waals surface area contributed by atoms with Crippen LogP contribution in [-0.2, 0) is 17.9 Å². The Morgan fingerprint density at radius 1 is 1.23 bits per heavy atom. The molecule has 22 heavy (non-hydrogen) atoms. The number of methoxy groups -OCH3 is 1. The normalized spacial score (nSPS) is 16.3. The summed E-state index contributed by atoms with van der Waals surface area (Å²) in [6.07, 6.45) is 2.69. The van der Waals surface area contributed by atoms with Gasteiger partial charge in [0.2, 0.25) is 0 Å². The van der Waals surface area contributed by atoms with Gasteiger partial charge in [-0.25, -0.2) is 0 Å². The summed E-state index contributed by atoms with van der Waals surface area (Å²) in [5, 5.41) is 0. The van der Waals surface area contributed by atoms with Crippen LogP contribution in [0.4, 0.5) is 0 Å². The van der Waals surface area contributed by atoms with E-state index in [1.807, 2.05) is 6.92 Å². The summed E-state index contributed by atoms with van der Waals surface area (Å²) in [5.41, 5.74) is 2.50. The molecule has 1 aromatic rings. The van der Waals surface area contributed by atoms with Gasteiger partial charge in [-0.1, -0.05) is 19.9 Å². The number of hydrogen-bond acceptors (Lipinski definition) is 3. The average molecular weight is 305 g/mol. The van der Waals surface area contributed by atoms with Crippen molar-refractivity contribution in [2.75, 3.05) is 13.7 Å². The third-order valence-corrected chi connectivity index (χ3v) is 4.68. The molecule has 1 aliphatic carbocycles. The van der Waals surface area contributed by atoms with Gasteiger partial charge in [-0.3, -0.25) is 4.90 Å². The molecule has 0 aliphatic heterocycles. The molecular weight excluding hydrogens is 274 g/mol. The fourth-order valence-corrected chi connectivity index (χ4v) is 2.86. The van der Waals surface area contributed by atoms with Crippen molar-refractivity contribution in [3.63, 3.8) is 0 Å². The SMILES string of the molecule is CCOCc1cc(CN(C2CC2)C(C)C(C)C)ccc1OC. The number of rotatable bonds is 9. The molecule has 0 bridgehead atoms. The molecule has 1 aromatic carbocycles. The van der Waals surface area contributed by atoms with Crippen molar-refractivity contribution in [2.24, 2.45) is 5.92 Å². The number of nitrogens with zero attached hydrogens (tertiary/aromatic N) is 1. The minimum atomic E-state index is 0.616. The highest BCUT2D eigenvalue weighted by Crippen LogP contribution is 2.32. The quantitative estimate of drug-likeness (QED) is 0.681. The van der Waals surface area contributed by atoms with E-state index in [0.29, 0.717) is 18.6 Å². The van der Waals surface area contributed by atoms with Crippen LogP contribution in [0.5, 0.6) is 5.75 Å². The second-order valence-electron chi connectivity index (χ2n) is 6.67. The van der Waals surface area contributed by atoms with E-state index in [9.17, 15) is 0 Å². The van der Waals surface area contributed by atoms with E-state index in [1.54, 1.807) is 7.11 Å². The molecule has 1 atom stereocenters. The van der Waals surface area contributed by atoms with Gasteiger partial charge >= 0.3 is 0 Å². The van der Waals surface area contributed by atoms with Crippen molar-refractivity contribution in [2.45, 2.75) is 65.8 Å². The Kier molecular flexibility index (Phi) is 6.27. The van der Waals surface area contributed by atoms with Crippen LogP contribution in [0.1, 0.15) is 51.7 Å². The lowest BCUT2D eigenvalue weighted by molar-refractivity contribution is 0.131. The van der Waals surface area contributed by atoms with Crippen molar-refractivity contribution < 1.29 is 9.47 Å². The number of benzene rings is 1. The number of ether oxygens (including phenoxy) is 2. The maximum atomic E-state index is 5.57. The fourth-order valence-electron chi connectivity index (χ4n) is 2.86. The van der Waals surface area contributed by atoms with Gasteiger partial charge in [-0.15, -0.1) is 0 Å². The summed E-state index contributed by atoms with van der Waals surface area (Å²) in [6, 6.07) is 7.90. The molecule has 124 valence electrons. The van der Waals surface area contributed by atoms with Gasteiger partial charge in [0, 0.05) is 30.8 Å². The van der Waals surface area contributed by atoms with Crippen LogP contribution < -0.4 is 4.74 Å². The summed E-state index contributed by atoms with van der Waals surface area (Å²) in [7, 11) is 1.72. The lowest BCUT2D eigenvalue weighted by atomic mass is 10.0. The maximum Gasteiger partial charge on any atom is 0.124 e. The van der Waals surface area contributed by atoms with Gasteiger partial charge < -0.3 is 9.47 Å². The van der Waals surface area contributed by atoms with E-state index in [1.165, 1.54) is 18.4 Å². The zero-order valence-electron chi connectivity index (χ0n) is 14.8. The van der Waals surface area contributed by atoms with E-state index in [4.69, 9.17) is 9.47 Å². The highest BCUT2D eigenvalue weighted by Gasteiger charge is 2.33. The Hall–Kier alpha value is -1.06. The van der Waals surface area contributed by atoms with Crippen molar-refractivity contribution in [3.05, 3.63) is 29.3 Å². The first-order valence-corrected chi connectivity index (χ1v) is 8.56. The molecule has 1 fully saturated rings. The fraction of sp³-hybridized carbons (Fsp3) is 0.684. The van der Waals surface area contributed by atoms with Crippen LogP contribution in [0.3, 0.4) is 0 Å². The Morgan fingerprint density at radius 2 is 1.95 bits per heavy atom. The molecule has 0 amide bonds. The first-order valence-electron chi connectivity index (χ1n) is 8.56. The smallest absolute Gasteiger partial charge is 0.124 e. The van der Waals surface area contributed by atoms with Crippen LogP contribution in [0, 0.1) is 5.92 Å². The molecule has 3 heteroatoms. The highest BCUT2D eigenvalue weighted by molar-refractivity contribution is 5.37. The third kappa shape index (κ3) is 4.47. The molecule has 0 N–H and O–H groups in total. The van der Waals surface area contributed by atoms with Gasteiger partial charge in [0.15, 0.2) is 0 Å². The monoisotopic (exact) mass is 305 g/mol. The molecular formula is C19H31NO2. The van der Waals surface area contributed by atoms with Crippen LogP contribution in [0.15, 0.2) is 18.2 Å². The van der Waals surface area contributed by atoms with E-state index in [2.05, 4.69) is 43.9 Å². The van der Waals surface area contributed by atoms with Gasteiger partial charge in [0.25, 0.3) is 0 Å². The van der Waals surface area contributed by atoms with E-state index >= 15 is 0 Å². The highest BCUT2D eigenvalue weighted by atomic mass is 16.5. The van der Waals surface area contributed by atoms with Crippen LogP contribution >= 0.6 is 0 Å². The van der Waals surface area contributed by atoms with E-state index in [-0.39, 0.29) is 0 Å². The zero-order valence-corrected chi connectivity index (χ0v) is 14.8. The summed E-state index contributed by atoms with van der Waals surface area (Å²) < 4.78 is 11.0. The molecule has 3 nitrogen and oxygen atoms in total. The molecule has 2 rings (SSSR count). The van der Waals surface area contributed by atoms with Gasteiger partial charge in [-0.2, -0.15) is 0 Å². The van der Waals surface area contributed by atoms with Crippen LogP contribution in [0.25, 0.3) is 0 Å². The molecule has 0 aromatic heterocycles. The largest absolute Gasteiger partial charge is 0.496 e. The molecule has 1 aliphatic rings. The third-order valence-electron chi connectivity index (χ3n) is 4.68. The Bertz CT molecular complexity index is 469. The van der Waals surface area contributed by atoms with Gasteiger partial charge in [0.1, 0.15) is 5.75 Å². The van der Waals surface area contributed by atoms with Gasteiger partial charge in [0.05, 0.1) is 13.7 Å². The molecule has 0 radical (unpaired) electrons. The second-order valence-corrected chi connectivity index (χ2v) is 6.67. The lowest BCUT2D eigenvalue weighted by Gasteiger charge is -2.32. The minimum absolute atomic E-state index is 0.616. The van der Waals surface area contributed by atoms with Crippen molar-refractivity contribution in [1.29, 1.82) is 0 Å². The number of hydrogen-bond donors (Lipinski definition) is 0. The van der Waals surface area contributed by atoms with Crippen LogP contribution in [-0.4, -0.2) is 30.7 Å². The van der Waals surface area contributed by atoms with Gasteiger partial charge in [-0.05, 0) is 50.3 Å².